The number of nitrogens with zero attached hydrogens (tertiary/aromatic N) is 2. The molecule has 130 valence electrons. The zero-order valence-corrected chi connectivity index (χ0v) is 13.6. The lowest BCUT2D eigenvalue weighted by molar-refractivity contribution is 0.0917. The molecule has 2 aliphatic heterocycles. The minimum Gasteiger partial charge on any atom is -0.348 e. The van der Waals surface area contributed by atoms with Crippen LogP contribution in [-0.4, -0.2) is 33.8 Å². The van der Waals surface area contributed by atoms with E-state index in [-0.39, 0.29) is 23.2 Å². The summed E-state index contributed by atoms with van der Waals surface area (Å²) in [7, 11) is 0. The molecule has 2 aromatic rings. The summed E-state index contributed by atoms with van der Waals surface area (Å²) in [6.07, 6.45) is 4.15. The molecule has 2 N–H and O–H groups in total. The van der Waals surface area contributed by atoms with Gasteiger partial charge in [-0.15, -0.1) is 0 Å². The molecule has 1 aromatic carbocycles. The Kier molecular flexibility index (Phi) is 4.09. The monoisotopic (exact) mass is 342 g/mol. The summed E-state index contributed by atoms with van der Waals surface area (Å²) in [5.74, 6) is -0.687. The predicted molar refractivity (Wildman–Crippen MR) is 90.2 cm³/mol. The molecule has 7 heteroatoms. The van der Waals surface area contributed by atoms with Crippen LogP contribution < -0.4 is 16.2 Å². The second-order valence-corrected chi connectivity index (χ2v) is 6.72. The van der Waals surface area contributed by atoms with E-state index in [0.717, 1.165) is 30.4 Å². The quantitative estimate of drug-likeness (QED) is 0.884. The number of carbonyl (C=O) groups excluding carboxylic acids is 1. The zero-order chi connectivity index (χ0) is 17.4. The van der Waals surface area contributed by atoms with Gasteiger partial charge < -0.3 is 10.6 Å². The Morgan fingerprint density at radius 3 is 2.48 bits per heavy atom. The highest BCUT2D eigenvalue weighted by atomic mass is 19.1. The number of hydrogen-bond donors (Lipinski definition) is 2. The van der Waals surface area contributed by atoms with Gasteiger partial charge in [0.05, 0.1) is 5.69 Å². The standard InChI is InChI=1S/C18H19FN4O2/c19-11-1-5-15(6-2-11)23-17(24)8-7-16(22-23)18(25)21-14-9-12-3-4-13(10-14)20-12/h1-2,5-8,12-14,20H,3-4,9-10H2,(H,21,25). The average molecular weight is 342 g/mol. The van der Waals surface area contributed by atoms with Crippen molar-refractivity contribution in [3.63, 3.8) is 0 Å². The molecule has 2 saturated heterocycles. The van der Waals surface area contributed by atoms with Gasteiger partial charge in [0.2, 0.25) is 0 Å². The summed E-state index contributed by atoms with van der Waals surface area (Å²) in [6, 6.07) is 9.22. The predicted octanol–water partition coefficient (Wildman–Crippen LogP) is 1.38. The van der Waals surface area contributed by atoms with Gasteiger partial charge in [0, 0.05) is 24.2 Å². The van der Waals surface area contributed by atoms with E-state index in [1.165, 1.54) is 36.4 Å². The van der Waals surface area contributed by atoms with Crippen LogP contribution in [0.25, 0.3) is 5.69 Å². The summed E-state index contributed by atoms with van der Waals surface area (Å²) in [5, 5.41) is 10.7. The molecule has 6 nitrogen and oxygen atoms in total. The van der Waals surface area contributed by atoms with Gasteiger partial charge in [0.1, 0.15) is 11.5 Å². The molecule has 2 atom stereocenters. The second kappa shape index (κ2) is 6.40. The number of nitrogens with one attached hydrogen (secondary N) is 2. The van der Waals surface area contributed by atoms with Crippen molar-refractivity contribution in [1.82, 2.24) is 20.4 Å². The number of hydrogen-bond acceptors (Lipinski definition) is 4. The first kappa shape index (κ1) is 16.0. The molecule has 1 aromatic heterocycles. The van der Waals surface area contributed by atoms with Gasteiger partial charge >= 0.3 is 0 Å². The molecule has 1 amide bonds. The van der Waals surface area contributed by atoms with Crippen molar-refractivity contribution in [3.8, 4) is 5.69 Å². The maximum atomic E-state index is 13.1. The lowest BCUT2D eigenvalue weighted by Gasteiger charge is -2.29. The molecule has 2 aliphatic rings. The molecule has 25 heavy (non-hydrogen) atoms. The largest absolute Gasteiger partial charge is 0.348 e. The summed E-state index contributed by atoms with van der Waals surface area (Å²) in [5.41, 5.74) is 0.221. The van der Waals surface area contributed by atoms with Crippen molar-refractivity contribution >= 4 is 5.91 Å². The van der Waals surface area contributed by atoms with Gasteiger partial charge in [-0.3, -0.25) is 9.59 Å². The normalized spacial score (nSPS) is 24.9. The fraction of sp³-hybridized carbons (Fsp3) is 0.389. The number of aromatic nitrogens is 2. The van der Waals surface area contributed by atoms with Crippen molar-refractivity contribution in [2.45, 2.75) is 43.8 Å². The fourth-order valence-corrected chi connectivity index (χ4v) is 3.73. The van der Waals surface area contributed by atoms with Gasteiger partial charge in [-0.2, -0.15) is 9.78 Å². The number of rotatable bonds is 3. The van der Waals surface area contributed by atoms with Gasteiger partial charge in [-0.1, -0.05) is 0 Å². The fourth-order valence-electron chi connectivity index (χ4n) is 3.73. The Morgan fingerprint density at radius 2 is 1.80 bits per heavy atom. The van der Waals surface area contributed by atoms with E-state index >= 15 is 0 Å². The van der Waals surface area contributed by atoms with Crippen LogP contribution >= 0.6 is 0 Å². The summed E-state index contributed by atoms with van der Waals surface area (Å²) >= 11 is 0. The highest BCUT2D eigenvalue weighted by Gasteiger charge is 2.34. The van der Waals surface area contributed by atoms with Gasteiger partial charge in [0.25, 0.3) is 11.5 Å². The average Bonchev–Trinajstić information content (AvgIpc) is 2.94. The van der Waals surface area contributed by atoms with E-state index in [9.17, 15) is 14.0 Å². The molecule has 0 spiro atoms. The first-order valence-corrected chi connectivity index (χ1v) is 8.52. The zero-order valence-electron chi connectivity index (χ0n) is 13.6. The first-order valence-electron chi connectivity index (χ1n) is 8.52. The van der Waals surface area contributed by atoms with Crippen LogP contribution in [0.1, 0.15) is 36.2 Å². The Labute approximate surface area is 144 Å². The van der Waals surface area contributed by atoms with Crippen LogP contribution in [0.2, 0.25) is 0 Å². The number of benzene rings is 1. The van der Waals surface area contributed by atoms with E-state index in [0.29, 0.717) is 17.8 Å². The van der Waals surface area contributed by atoms with Crippen molar-refractivity contribution in [3.05, 3.63) is 58.3 Å². The summed E-state index contributed by atoms with van der Waals surface area (Å²) in [6.45, 7) is 0. The summed E-state index contributed by atoms with van der Waals surface area (Å²) < 4.78 is 14.2. The molecule has 2 unspecified atom stereocenters. The topological polar surface area (TPSA) is 76.0 Å². The molecule has 2 fully saturated rings. The summed E-state index contributed by atoms with van der Waals surface area (Å²) in [4.78, 5) is 24.6. The Morgan fingerprint density at radius 1 is 1.12 bits per heavy atom. The molecule has 0 aliphatic carbocycles. The van der Waals surface area contributed by atoms with E-state index in [4.69, 9.17) is 0 Å². The third-order valence-corrected chi connectivity index (χ3v) is 4.91. The van der Waals surface area contributed by atoms with E-state index < -0.39 is 5.82 Å². The van der Waals surface area contributed by atoms with Crippen LogP contribution in [0.5, 0.6) is 0 Å². The van der Waals surface area contributed by atoms with Crippen LogP contribution in [0, 0.1) is 5.82 Å². The molecule has 3 heterocycles. The molecule has 0 saturated carbocycles. The second-order valence-electron chi connectivity index (χ2n) is 6.72. The minimum atomic E-state index is -0.397. The van der Waals surface area contributed by atoms with Gasteiger partial charge in [-0.05, 0) is 56.0 Å². The van der Waals surface area contributed by atoms with E-state index in [1.54, 1.807) is 0 Å². The SMILES string of the molecule is O=C(NC1CC2CCC(C1)N2)c1ccc(=O)n(-c2ccc(F)cc2)n1. The van der Waals surface area contributed by atoms with Crippen molar-refractivity contribution in [1.29, 1.82) is 0 Å². The van der Waals surface area contributed by atoms with E-state index in [1.807, 2.05) is 0 Å². The highest BCUT2D eigenvalue weighted by molar-refractivity contribution is 5.92. The molecule has 2 bridgehead atoms. The first-order chi connectivity index (χ1) is 12.1. The van der Waals surface area contributed by atoms with Crippen LogP contribution in [0.3, 0.4) is 0 Å². The lowest BCUT2D eigenvalue weighted by atomic mass is 10.00. The molecule has 4 rings (SSSR count). The number of halogens is 1. The van der Waals surface area contributed by atoms with Gasteiger partial charge in [-0.25, -0.2) is 4.39 Å². The van der Waals surface area contributed by atoms with E-state index in [2.05, 4.69) is 15.7 Å². The number of fused-ring (bicyclic) bond motifs is 2. The number of amides is 1. The van der Waals surface area contributed by atoms with Crippen molar-refractivity contribution in [2.24, 2.45) is 0 Å². The number of piperidine rings is 1. The lowest BCUT2D eigenvalue weighted by Crippen LogP contribution is -2.48. The van der Waals surface area contributed by atoms with Crippen molar-refractivity contribution < 1.29 is 9.18 Å². The Hall–Kier alpha value is -2.54. The van der Waals surface area contributed by atoms with Crippen LogP contribution in [0.15, 0.2) is 41.2 Å². The Bertz CT molecular complexity index is 837. The third kappa shape index (κ3) is 3.32. The van der Waals surface area contributed by atoms with Crippen molar-refractivity contribution in [2.75, 3.05) is 0 Å². The van der Waals surface area contributed by atoms with Crippen LogP contribution in [0.4, 0.5) is 4.39 Å². The maximum absolute atomic E-state index is 13.1. The highest BCUT2D eigenvalue weighted by Crippen LogP contribution is 2.26. The molecular weight excluding hydrogens is 323 g/mol. The third-order valence-electron chi connectivity index (χ3n) is 4.91. The number of carbonyl (C=O) groups is 1. The smallest absolute Gasteiger partial charge is 0.271 e. The molecule has 0 radical (unpaired) electrons. The van der Waals surface area contributed by atoms with Gasteiger partial charge in [0.15, 0.2) is 0 Å². The maximum Gasteiger partial charge on any atom is 0.271 e. The minimum absolute atomic E-state index is 0.124. The van der Waals surface area contributed by atoms with Crippen LogP contribution in [-0.2, 0) is 0 Å². The molecular formula is C18H19FN4O2. The Balaban J connectivity index is 1.54.